The zero-order valence-electron chi connectivity index (χ0n) is 9.13. The quantitative estimate of drug-likeness (QED) is 0.525. The van der Waals surface area contributed by atoms with Gasteiger partial charge in [0.1, 0.15) is 0 Å². The van der Waals surface area contributed by atoms with Crippen molar-refractivity contribution in [2.75, 3.05) is 6.54 Å². The summed E-state index contributed by atoms with van der Waals surface area (Å²) in [5, 5.41) is 11.7. The van der Waals surface area contributed by atoms with Gasteiger partial charge in [-0.3, -0.25) is 4.79 Å². The molecule has 0 radical (unpaired) electrons. The molecule has 0 atom stereocenters. The lowest BCUT2D eigenvalue weighted by molar-refractivity contribution is -0.118. The molecule has 1 amide bonds. The number of hydrogen-bond acceptors (Lipinski definition) is 2. The molecule has 0 aromatic rings. The van der Waals surface area contributed by atoms with Crippen LogP contribution in [0.4, 0.5) is 0 Å². The molecule has 0 aliphatic heterocycles. The van der Waals surface area contributed by atoms with Crippen LogP contribution in [0, 0.1) is 0 Å². The Kier molecular flexibility index (Phi) is 6.54. The van der Waals surface area contributed by atoms with Gasteiger partial charge in [-0.1, -0.05) is 18.6 Å². The molecule has 0 unspecified atom stereocenters. The summed E-state index contributed by atoms with van der Waals surface area (Å²) >= 11 is 0. The number of carbonyl (C=O) groups excluding carboxylic acids is 1. The van der Waals surface area contributed by atoms with Crippen molar-refractivity contribution in [3.8, 4) is 0 Å². The van der Waals surface area contributed by atoms with E-state index >= 15 is 0 Å². The van der Waals surface area contributed by atoms with Gasteiger partial charge in [0, 0.05) is 13.5 Å². The van der Waals surface area contributed by atoms with Crippen molar-refractivity contribution >= 4 is 5.91 Å². The standard InChI is InChI=1S/C11H19NO2/c1-4-11(6-5-9(2)13)7-8-12-10(3)14/h5-6,13H,4,7-8H2,1-3H3,(H,12,14)/b9-5+,11-6+. The number of hydrogen-bond donors (Lipinski definition) is 2. The minimum atomic E-state index is -0.00525. The van der Waals surface area contributed by atoms with E-state index in [4.69, 9.17) is 5.11 Å². The van der Waals surface area contributed by atoms with Crippen LogP contribution in [0.5, 0.6) is 0 Å². The van der Waals surface area contributed by atoms with E-state index in [-0.39, 0.29) is 5.91 Å². The summed E-state index contributed by atoms with van der Waals surface area (Å²) in [5.41, 5.74) is 1.21. The molecular weight excluding hydrogens is 178 g/mol. The Balaban J connectivity index is 3.97. The Hall–Kier alpha value is -1.25. The molecule has 0 bridgehead atoms. The first-order valence-electron chi connectivity index (χ1n) is 4.86. The second kappa shape index (κ2) is 7.18. The lowest BCUT2D eigenvalue weighted by atomic mass is 10.1. The van der Waals surface area contributed by atoms with Crippen molar-refractivity contribution in [1.29, 1.82) is 0 Å². The van der Waals surface area contributed by atoms with Crippen molar-refractivity contribution in [3.05, 3.63) is 23.5 Å². The minimum absolute atomic E-state index is 0.00525. The maximum atomic E-state index is 10.6. The van der Waals surface area contributed by atoms with Crippen LogP contribution in [0.2, 0.25) is 0 Å². The van der Waals surface area contributed by atoms with Gasteiger partial charge in [-0.2, -0.15) is 0 Å². The fourth-order valence-electron chi connectivity index (χ4n) is 1.02. The van der Waals surface area contributed by atoms with Gasteiger partial charge in [0.15, 0.2) is 0 Å². The SMILES string of the molecule is CC/C(=C\C=C(/C)O)CCNC(C)=O. The van der Waals surface area contributed by atoms with Gasteiger partial charge in [-0.25, -0.2) is 0 Å². The molecule has 0 aliphatic carbocycles. The maximum Gasteiger partial charge on any atom is 0.216 e. The third kappa shape index (κ3) is 7.40. The summed E-state index contributed by atoms with van der Waals surface area (Å²) in [6.07, 6.45) is 5.34. The molecule has 0 aliphatic rings. The van der Waals surface area contributed by atoms with Gasteiger partial charge in [0.05, 0.1) is 5.76 Å². The van der Waals surface area contributed by atoms with E-state index in [9.17, 15) is 4.79 Å². The van der Waals surface area contributed by atoms with E-state index in [1.165, 1.54) is 12.5 Å². The van der Waals surface area contributed by atoms with Crippen LogP contribution < -0.4 is 5.32 Å². The second-order valence-corrected chi connectivity index (χ2v) is 3.22. The Labute approximate surface area is 85.5 Å². The van der Waals surface area contributed by atoms with Crippen LogP contribution in [0.15, 0.2) is 23.5 Å². The van der Waals surface area contributed by atoms with Gasteiger partial charge < -0.3 is 10.4 Å². The molecule has 0 aromatic carbocycles. The van der Waals surface area contributed by atoms with Crippen molar-refractivity contribution < 1.29 is 9.90 Å². The minimum Gasteiger partial charge on any atom is -0.513 e. The fourth-order valence-corrected chi connectivity index (χ4v) is 1.02. The van der Waals surface area contributed by atoms with Crippen molar-refractivity contribution in [3.63, 3.8) is 0 Å². The Morgan fingerprint density at radius 2 is 2.00 bits per heavy atom. The van der Waals surface area contributed by atoms with Gasteiger partial charge in [0.25, 0.3) is 0 Å². The van der Waals surface area contributed by atoms with Crippen molar-refractivity contribution in [1.82, 2.24) is 5.32 Å². The van der Waals surface area contributed by atoms with Crippen molar-refractivity contribution in [2.45, 2.75) is 33.6 Å². The fraction of sp³-hybridized carbons (Fsp3) is 0.545. The largest absolute Gasteiger partial charge is 0.513 e. The van der Waals surface area contributed by atoms with Gasteiger partial charge >= 0.3 is 0 Å². The zero-order chi connectivity index (χ0) is 11.0. The molecule has 0 spiro atoms. The maximum absolute atomic E-state index is 10.6. The number of rotatable bonds is 5. The summed E-state index contributed by atoms with van der Waals surface area (Å²) in [6, 6.07) is 0. The number of aliphatic hydroxyl groups is 1. The summed E-state index contributed by atoms with van der Waals surface area (Å²) in [6.45, 7) is 5.86. The third-order valence-corrected chi connectivity index (χ3v) is 1.83. The zero-order valence-corrected chi connectivity index (χ0v) is 9.13. The molecule has 0 rings (SSSR count). The lowest BCUT2D eigenvalue weighted by Gasteiger charge is -2.04. The second-order valence-electron chi connectivity index (χ2n) is 3.22. The third-order valence-electron chi connectivity index (χ3n) is 1.83. The van der Waals surface area contributed by atoms with Gasteiger partial charge in [0.2, 0.25) is 5.91 Å². The van der Waals surface area contributed by atoms with E-state index < -0.39 is 0 Å². The number of allylic oxidation sites excluding steroid dienone is 3. The summed E-state index contributed by atoms with van der Waals surface area (Å²) < 4.78 is 0. The predicted molar refractivity (Wildman–Crippen MR) is 58.1 cm³/mol. The highest BCUT2D eigenvalue weighted by molar-refractivity contribution is 5.72. The molecule has 3 heteroatoms. The van der Waals surface area contributed by atoms with E-state index in [1.807, 2.05) is 6.08 Å². The first kappa shape index (κ1) is 12.8. The van der Waals surface area contributed by atoms with E-state index in [0.29, 0.717) is 12.3 Å². The highest BCUT2D eigenvalue weighted by Crippen LogP contribution is 2.06. The number of nitrogens with one attached hydrogen (secondary N) is 1. The Morgan fingerprint density at radius 1 is 1.36 bits per heavy atom. The predicted octanol–water partition coefficient (Wildman–Crippen LogP) is 2.31. The van der Waals surface area contributed by atoms with Crippen LogP contribution in [0.1, 0.15) is 33.6 Å². The normalized spacial score (nSPS) is 12.8. The average molecular weight is 197 g/mol. The Morgan fingerprint density at radius 3 is 2.43 bits per heavy atom. The topological polar surface area (TPSA) is 49.3 Å². The summed E-state index contributed by atoms with van der Waals surface area (Å²) in [7, 11) is 0. The van der Waals surface area contributed by atoms with E-state index in [2.05, 4.69) is 12.2 Å². The smallest absolute Gasteiger partial charge is 0.216 e. The number of aliphatic hydroxyl groups excluding tert-OH is 1. The summed E-state index contributed by atoms with van der Waals surface area (Å²) in [5.74, 6) is 0.296. The highest BCUT2D eigenvalue weighted by atomic mass is 16.3. The lowest BCUT2D eigenvalue weighted by Crippen LogP contribution is -2.21. The van der Waals surface area contributed by atoms with E-state index in [1.54, 1.807) is 13.0 Å². The molecule has 0 saturated heterocycles. The first-order valence-corrected chi connectivity index (χ1v) is 4.86. The molecule has 0 aromatic heterocycles. The van der Waals surface area contributed by atoms with E-state index in [0.717, 1.165) is 12.8 Å². The van der Waals surface area contributed by atoms with Gasteiger partial charge in [-0.05, 0) is 25.8 Å². The highest BCUT2D eigenvalue weighted by Gasteiger charge is 1.95. The first-order chi connectivity index (χ1) is 6.56. The molecule has 0 fully saturated rings. The van der Waals surface area contributed by atoms with Crippen molar-refractivity contribution in [2.24, 2.45) is 0 Å². The average Bonchev–Trinajstić information content (AvgIpc) is 2.10. The van der Waals surface area contributed by atoms with Crippen LogP contribution in [0.25, 0.3) is 0 Å². The Bertz CT molecular complexity index is 238. The van der Waals surface area contributed by atoms with Gasteiger partial charge in [-0.15, -0.1) is 0 Å². The number of amides is 1. The molecule has 80 valence electrons. The molecular formula is C11H19NO2. The van der Waals surface area contributed by atoms with Crippen LogP contribution >= 0.6 is 0 Å². The summed E-state index contributed by atoms with van der Waals surface area (Å²) in [4.78, 5) is 10.6. The van der Waals surface area contributed by atoms with Crippen LogP contribution in [-0.2, 0) is 4.79 Å². The molecule has 0 saturated carbocycles. The number of carbonyl (C=O) groups is 1. The molecule has 3 nitrogen and oxygen atoms in total. The van der Waals surface area contributed by atoms with Crippen LogP contribution in [-0.4, -0.2) is 17.6 Å². The van der Waals surface area contributed by atoms with Crippen LogP contribution in [0.3, 0.4) is 0 Å². The molecule has 0 heterocycles. The monoisotopic (exact) mass is 197 g/mol. The molecule has 2 N–H and O–H groups in total. The molecule has 14 heavy (non-hydrogen) atoms.